The van der Waals surface area contributed by atoms with Crippen molar-refractivity contribution in [3.63, 3.8) is 0 Å². The number of nitrogens with one attached hydrogen (secondary N) is 5. The van der Waals surface area contributed by atoms with E-state index in [1.807, 2.05) is 74.5 Å². The van der Waals surface area contributed by atoms with E-state index < -0.39 is 59.4 Å². The fourth-order valence-electron chi connectivity index (χ4n) is 6.39. The van der Waals surface area contributed by atoms with Gasteiger partial charge in [-0.05, 0) is 97.1 Å². The van der Waals surface area contributed by atoms with Crippen molar-refractivity contribution in [1.82, 2.24) is 31.5 Å². The monoisotopic (exact) mass is 822 g/mol. The number of rotatable bonds is 18. The van der Waals surface area contributed by atoms with E-state index >= 15 is 0 Å². The maximum Gasteiger partial charge on any atom is 0.408 e. The Morgan fingerprint density at radius 2 is 1.22 bits per heavy atom. The first-order chi connectivity index (χ1) is 27.8. The van der Waals surface area contributed by atoms with E-state index in [2.05, 4.69) is 26.6 Å². The highest BCUT2D eigenvalue weighted by atomic mass is 16.6. The lowest BCUT2D eigenvalue weighted by atomic mass is 9.99. The molecule has 1 saturated heterocycles. The molecule has 15 heteroatoms. The van der Waals surface area contributed by atoms with Gasteiger partial charge in [0.15, 0.2) is 0 Å². The van der Waals surface area contributed by atoms with Crippen molar-refractivity contribution in [2.75, 3.05) is 19.6 Å². The van der Waals surface area contributed by atoms with Gasteiger partial charge in [-0.1, -0.05) is 74.5 Å². The topological polar surface area (TPSA) is 193 Å². The Balaban J connectivity index is 1.71. The van der Waals surface area contributed by atoms with Crippen LogP contribution in [0.5, 0.6) is 0 Å². The zero-order valence-electron chi connectivity index (χ0n) is 36.1. The van der Waals surface area contributed by atoms with Gasteiger partial charge in [-0.25, -0.2) is 14.4 Å². The molecule has 1 fully saturated rings. The predicted octanol–water partition coefficient (Wildman–Crippen LogP) is 5.75. The molecule has 0 saturated carbocycles. The minimum Gasteiger partial charge on any atom is -0.445 e. The zero-order chi connectivity index (χ0) is 43.6. The number of carbonyl (C=O) groups is 6. The molecule has 0 bridgehead atoms. The first-order valence-electron chi connectivity index (χ1n) is 20.6. The average molecular weight is 823 g/mol. The van der Waals surface area contributed by atoms with Crippen LogP contribution in [-0.2, 0) is 41.6 Å². The highest BCUT2D eigenvalue weighted by Crippen LogP contribution is 2.16. The normalized spacial score (nSPS) is 14.9. The first kappa shape index (κ1) is 48.0. The number of amides is 6. The second kappa shape index (κ2) is 23.3. The first-order valence-corrected chi connectivity index (χ1v) is 20.6. The van der Waals surface area contributed by atoms with Crippen molar-refractivity contribution < 1.29 is 43.0 Å². The molecule has 0 spiro atoms. The number of hydrogen-bond donors (Lipinski definition) is 5. The summed E-state index contributed by atoms with van der Waals surface area (Å²) in [5.41, 5.74) is 0.220. The minimum atomic E-state index is -1.06. The number of hydrogen-bond acceptors (Lipinski definition) is 9. The smallest absolute Gasteiger partial charge is 0.408 e. The van der Waals surface area contributed by atoms with Gasteiger partial charge in [0.2, 0.25) is 17.7 Å². The van der Waals surface area contributed by atoms with E-state index in [-0.39, 0.29) is 43.7 Å². The Morgan fingerprint density at radius 3 is 1.80 bits per heavy atom. The summed E-state index contributed by atoms with van der Waals surface area (Å²) in [7, 11) is 0. The lowest BCUT2D eigenvalue weighted by Gasteiger charge is -2.35. The Morgan fingerprint density at radius 1 is 0.678 bits per heavy atom. The van der Waals surface area contributed by atoms with E-state index in [1.54, 1.807) is 46.4 Å². The van der Waals surface area contributed by atoms with Crippen LogP contribution in [0.2, 0.25) is 0 Å². The third-order valence-corrected chi connectivity index (χ3v) is 9.17. The Hall–Kier alpha value is -5.34. The molecule has 59 heavy (non-hydrogen) atoms. The van der Waals surface area contributed by atoms with Crippen molar-refractivity contribution in [2.24, 2.45) is 5.92 Å². The summed E-state index contributed by atoms with van der Waals surface area (Å²) in [6.07, 6.45) is 0.816. The Labute approximate surface area is 349 Å². The van der Waals surface area contributed by atoms with Crippen molar-refractivity contribution in [2.45, 2.75) is 142 Å². The quantitative estimate of drug-likeness (QED) is 0.0920. The van der Waals surface area contributed by atoms with Gasteiger partial charge in [0.05, 0.1) is 0 Å². The molecule has 3 atom stereocenters. The second-order valence-corrected chi connectivity index (χ2v) is 17.4. The summed E-state index contributed by atoms with van der Waals surface area (Å²) in [5, 5.41) is 14.1. The molecule has 3 unspecified atom stereocenters. The zero-order valence-corrected chi connectivity index (χ0v) is 36.1. The molecule has 2 aromatic carbocycles. The predicted molar refractivity (Wildman–Crippen MR) is 224 cm³/mol. The third-order valence-electron chi connectivity index (χ3n) is 9.17. The summed E-state index contributed by atoms with van der Waals surface area (Å²) in [6.45, 7) is 15.5. The number of benzene rings is 2. The van der Waals surface area contributed by atoms with E-state index in [0.717, 1.165) is 11.1 Å². The minimum absolute atomic E-state index is 0.0172. The van der Waals surface area contributed by atoms with E-state index in [9.17, 15) is 28.8 Å². The molecule has 5 N–H and O–H groups in total. The molecule has 0 aromatic heterocycles. The molecule has 6 amide bonds. The third kappa shape index (κ3) is 19.3. The van der Waals surface area contributed by atoms with Crippen LogP contribution >= 0.6 is 0 Å². The number of carbonyl (C=O) groups excluding carboxylic acids is 6. The molecular formula is C44H66N6O9. The Kier molecular flexibility index (Phi) is 19.0. The highest BCUT2D eigenvalue weighted by molar-refractivity contribution is 5.94. The molecule has 2 aromatic rings. The second-order valence-electron chi connectivity index (χ2n) is 17.4. The standard InChI is InChI=1S/C44H66N6O9/c1-30(2)27-35(48-38(52)36(28-31-17-11-9-12-18-31)49-42(56)59-44(6,7)8)37(51)47-34(21-15-16-24-45-40(54)58-43(3,4)5)39(53)50-25-22-33(23-26-50)46-41(55)57-29-32-19-13-10-14-20-32/h9-14,17-20,30,33-36H,15-16,21-29H2,1-8H3,(H,45,54)(H,46,55)(H,47,51)(H,48,52)(H,49,56). The number of nitrogens with zero attached hydrogens (tertiary/aromatic N) is 1. The largest absolute Gasteiger partial charge is 0.445 e. The molecule has 1 aliphatic rings. The molecule has 1 heterocycles. The highest BCUT2D eigenvalue weighted by Gasteiger charge is 2.34. The molecule has 1 aliphatic heterocycles. The van der Waals surface area contributed by atoms with E-state index in [4.69, 9.17) is 14.2 Å². The van der Waals surface area contributed by atoms with Crippen molar-refractivity contribution in [3.05, 3.63) is 71.8 Å². The van der Waals surface area contributed by atoms with Crippen LogP contribution in [0.3, 0.4) is 0 Å². The van der Waals surface area contributed by atoms with Gasteiger partial charge in [-0.3, -0.25) is 14.4 Å². The summed E-state index contributed by atoms with van der Waals surface area (Å²) < 4.78 is 16.1. The fraction of sp³-hybridized carbons (Fsp3) is 0.591. The van der Waals surface area contributed by atoms with Crippen molar-refractivity contribution in [1.29, 1.82) is 0 Å². The number of unbranched alkanes of at least 4 members (excludes halogenated alkanes) is 1. The number of ether oxygens (including phenoxy) is 3. The van der Waals surface area contributed by atoms with Crippen LogP contribution in [0.1, 0.15) is 105 Å². The molecule has 3 rings (SSSR count). The summed E-state index contributed by atoms with van der Waals surface area (Å²) in [6, 6.07) is 15.3. The van der Waals surface area contributed by atoms with Gasteiger partial charge >= 0.3 is 18.3 Å². The molecule has 15 nitrogen and oxygen atoms in total. The van der Waals surface area contributed by atoms with Gasteiger partial charge in [0.1, 0.15) is 35.9 Å². The van der Waals surface area contributed by atoms with Gasteiger partial charge in [0.25, 0.3) is 0 Å². The lowest BCUT2D eigenvalue weighted by Crippen LogP contribution is -2.58. The molecule has 326 valence electrons. The molecule has 0 radical (unpaired) electrons. The van der Waals surface area contributed by atoms with Crippen LogP contribution in [0.4, 0.5) is 14.4 Å². The maximum atomic E-state index is 14.1. The van der Waals surface area contributed by atoms with Gasteiger partial charge in [0, 0.05) is 32.1 Å². The van der Waals surface area contributed by atoms with Crippen molar-refractivity contribution in [3.8, 4) is 0 Å². The molecular weight excluding hydrogens is 757 g/mol. The molecule has 0 aliphatic carbocycles. The van der Waals surface area contributed by atoms with Crippen LogP contribution in [0, 0.1) is 5.92 Å². The number of piperidine rings is 1. The average Bonchev–Trinajstić information content (AvgIpc) is 3.15. The van der Waals surface area contributed by atoms with Gasteiger partial charge in [-0.2, -0.15) is 0 Å². The van der Waals surface area contributed by atoms with E-state index in [0.29, 0.717) is 45.3 Å². The van der Waals surface area contributed by atoms with Crippen LogP contribution in [-0.4, -0.2) is 95.9 Å². The summed E-state index contributed by atoms with van der Waals surface area (Å²) in [4.78, 5) is 81.3. The van der Waals surface area contributed by atoms with Gasteiger partial charge < -0.3 is 45.7 Å². The maximum absolute atomic E-state index is 14.1. The van der Waals surface area contributed by atoms with Crippen molar-refractivity contribution >= 4 is 36.0 Å². The summed E-state index contributed by atoms with van der Waals surface area (Å²) in [5.74, 6) is -1.41. The number of alkyl carbamates (subject to hydrolysis) is 3. The number of likely N-dealkylation sites (tertiary alicyclic amines) is 1. The Bertz CT molecular complexity index is 1650. The van der Waals surface area contributed by atoms with E-state index in [1.165, 1.54) is 0 Å². The van der Waals surface area contributed by atoms with Gasteiger partial charge in [-0.15, -0.1) is 0 Å². The lowest BCUT2D eigenvalue weighted by molar-refractivity contribution is -0.138. The fourth-order valence-corrected chi connectivity index (χ4v) is 6.39. The summed E-state index contributed by atoms with van der Waals surface area (Å²) >= 11 is 0. The SMILES string of the molecule is CC(C)CC(NC(=O)C(Cc1ccccc1)NC(=O)OC(C)(C)C)C(=O)NC(CCCCNC(=O)OC(C)(C)C)C(=O)N1CCC(NC(=O)OCc2ccccc2)CC1. The van der Waals surface area contributed by atoms with Crippen LogP contribution in [0.15, 0.2) is 60.7 Å². The van der Waals surface area contributed by atoms with Crippen LogP contribution < -0.4 is 26.6 Å². The van der Waals surface area contributed by atoms with Crippen LogP contribution in [0.25, 0.3) is 0 Å².